The van der Waals surface area contributed by atoms with Gasteiger partial charge < -0.3 is 0 Å². The summed E-state index contributed by atoms with van der Waals surface area (Å²) >= 11 is 1.57. The monoisotopic (exact) mass is 262 g/mol. The first-order valence-electron chi connectivity index (χ1n) is 6.31. The number of aryl methyl sites for hydroxylation is 2. The smallest absolute Gasteiger partial charge is 0.172 e. The van der Waals surface area contributed by atoms with Gasteiger partial charge in [0.25, 0.3) is 0 Å². The number of thiophene rings is 1. The van der Waals surface area contributed by atoms with Crippen molar-refractivity contribution in [1.29, 1.82) is 0 Å². The molecule has 0 aliphatic carbocycles. The molecule has 2 aromatic heterocycles. The van der Waals surface area contributed by atoms with Crippen LogP contribution in [-0.4, -0.2) is 15.6 Å². The van der Waals surface area contributed by atoms with Crippen molar-refractivity contribution in [3.63, 3.8) is 0 Å². The molecule has 3 nitrogen and oxygen atoms in total. The molecule has 2 heterocycles. The molecule has 0 fully saturated rings. The van der Waals surface area contributed by atoms with Crippen LogP contribution in [0.3, 0.4) is 0 Å². The van der Waals surface area contributed by atoms with Crippen LogP contribution in [0, 0.1) is 0 Å². The van der Waals surface area contributed by atoms with Crippen molar-refractivity contribution in [1.82, 2.24) is 9.78 Å². The van der Waals surface area contributed by atoms with Crippen LogP contribution in [0.25, 0.3) is 10.4 Å². The number of aromatic nitrogens is 2. The van der Waals surface area contributed by atoms with Crippen molar-refractivity contribution in [2.75, 3.05) is 0 Å². The maximum atomic E-state index is 11.8. The summed E-state index contributed by atoms with van der Waals surface area (Å²) in [5, 5.41) is 4.43. The highest BCUT2D eigenvalue weighted by atomic mass is 32.1. The van der Waals surface area contributed by atoms with Crippen LogP contribution in [0.1, 0.15) is 42.1 Å². The van der Waals surface area contributed by atoms with Gasteiger partial charge in [0.2, 0.25) is 0 Å². The second-order valence-electron chi connectivity index (χ2n) is 4.35. The lowest BCUT2D eigenvalue weighted by atomic mass is 10.1. The second-order valence-corrected chi connectivity index (χ2v) is 5.44. The van der Waals surface area contributed by atoms with Gasteiger partial charge in [-0.2, -0.15) is 5.10 Å². The molecule has 0 N–H and O–H groups in total. The zero-order chi connectivity index (χ0) is 13.1. The molecule has 0 aliphatic heterocycles. The molecule has 4 heteroatoms. The number of Topliss-reactive ketones (excluding diaryl/α,β-unsaturated/α-hetero) is 1. The number of hydrogen-bond donors (Lipinski definition) is 0. The Hall–Kier alpha value is -1.42. The van der Waals surface area contributed by atoms with Gasteiger partial charge in [-0.05, 0) is 25.0 Å². The molecule has 96 valence electrons. The average Bonchev–Trinajstić information content (AvgIpc) is 2.95. The van der Waals surface area contributed by atoms with Gasteiger partial charge in [0, 0.05) is 30.1 Å². The van der Waals surface area contributed by atoms with Crippen molar-refractivity contribution >= 4 is 17.1 Å². The molecule has 18 heavy (non-hydrogen) atoms. The number of rotatable bonds is 5. The molecular weight excluding hydrogens is 244 g/mol. The fourth-order valence-corrected chi connectivity index (χ4v) is 2.99. The maximum absolute atomic E-state index is 11.8. The molecule has 2 aromatic rings. The summed E-state index contributed by atoms with van der Waals surface area (Å²) in [5.74, 6) is 0.246. The van der Waals surface area contributed by atoms with Crippen LogP contribution in [-0.2, 0) is 13.5 Å². The minimum atomic E-state index is 0.246. The Morgan fingerprint density at radius 1 is 1.39 bits per heavy atom. The Balaban J connectivity index is 2.31. The zero-order valence-electron chi connectivity index (χ0n) is 11.1. The predicted octanol–water partition coefficient (Wildman–Crippen LogP) is 3.69. The van der Waals surface area contributed by atoms with E-state index in [1.54, 1.807) is 11.3 Å². The molecule has 0 saturated heterocycles. The van der Waals surface area contributed by atoms with E-state index in [1.807, 2.05) is 37.0 Å². The topological polar surface area (TPSA) is 34.9 Å². The van der Waals surface area contributed by atoms with Crippen molar-refractivity contribution in [2.45, 2.75) is 33.1 Å². The number of ketones is 1. The summed E-state index contributed by atoms with van der Waals surface area (Å²) in [5.41, 5.74) is 2.24. The third-order valence-corrected chi connectivity index (χ3v) is 4.02. The minimum absolute atomic E-state index is 0.246. The standard InChI is InChI=1S/C14H18N2OS/c1-4-6-12(17)14-8-7-13(18-14)10-9-16(3)15-11(10)5-2/h7-9H,4-6H2,1-3H3. The lowest BCUT2D eigenvalue weighted by molar-refractivity contribution is 0.0985. The maximum Gasteiger partial charge on any atom is 0.172 e. The third kappa shape index (κ3) is 2.53. The number of carbonyl (C=O) groups is 1. The summed E-state index contributed by atoms with van der Waals surface area (Å²) in [4.78, 5) is 13.8. The van der Waals surface area contributed by atoms with E-state index >= 15 is 0 Å². The van der Waals surface area contributed by atoms with Crippen LogP contribution in [0.15, 0.2) is 18.3 Å². The van der Waals surface area contributed by atoms with Crippen LogP contribution >= 0.6 is 11.3 Å². The molecular formula is C14H18N2OS. The lowest BCUT2D eigenvalue weighted by Gasteiger charge is -1.95. The average molecular weight is 262 g/mol. The zero-order valence-corrected chi connectivity index (χ0v) is 11.9. The molecule has 0 amide bonds. The van der Waals surface area contributed by atoms with Crippen molar-refractivity contribution in [3.8, 4) is 10.4 Å². The first-order valence-corrected chi connectivity index (χ1v) is 7.13. The van der Waals surface area contributed by atoms with Gasteiger partial charge in [-0.3, -0.25) is 9.48 Å². The quantitative estimate of drug-likeness (QED) is 0.770. The van der Waals surface area contributed by atoms with Crippen LogP contribution in [0.4, 0.5) is 0 Å². The van der Waals surface area contributed by atoms with Gasteiger partial charge in [-0.15, -0.1) is 11.3 Å². The van der Waals surface area contributed by atoms with Gasteiger partial charge in [-0.25, -0.2) is 0 Å². The summed E-state index contributed by atoms with van der Waals surface area (Å²) in [6, 6.07) is 3.97. The Labute approximate surface area is 111 Å². The van der Waals surface area contributed by atoms with E-state index in [-0.39, 0.29) is 5.78 Å². The van der Waals surface area contributed by atoms with E-state index in [1.165, 1.54) is 0 Å². The van der Waals surface area contributed by atoms with Gasteiger partial charge in [0.1, 0.15) is 0 Å². The summed E-state index contributed by atoms with van der Waals surface area (Å²) in [6.45, 7) is 4.13. The summed E-state index contributed by atoms with van der Waals surface area (Å²) < 4.78 is 1.83. The van der Waals surface area contributed by atoms with Gasteiger partial charge >= 0.3 is 0 Å². The first kappa shape index (κ1) is 13.0. The van der Waals surface area contributed by atoms with E-state index < -0.39 is 0 Å². The molecule has 2 rings (SSSR count). The Bertz CT molecular complexity index is 554. The van der Waals surface area contributed by atoms with Crippen LogP contribution in [0.2, 0.25) is 0 Å². The van der Waals surface area contributed by atoms with Gasteiger partial charge in [0.05, 0.1) is 10.6 Å². The van der Waals surface area contributed by atoms with E-state index in [9.17, 15) is 4.79 Å². The molecule has 0 atom stereocenters. The SMILES string of the molecule is CCCC(=O)c1ccc(-c2cn(C)nc2CC)s1. The lowest BCUT2D eigenvalue weighted by Crippen LogP contribution is -1.93. The largest absolute Gasteiger partial charge is 0.293 e. The van der Waals surface area contributed by atoms with Crippen molar-refractivity contribution < 1.29 is 4.79 Å². The summed E-state index contributed by atoms with van der Waals surface area (Å²) in [7, 11) is 1.93. The van der Waals surface area contributed by atoms with Gasteiger partial charge in [0.15, 0.2) is 5.78 Å². The van der Waals surface area contributed by atoms with Crippen molar-refractivity contribution in [2.24, 2.45) is 7.05 Å². The first-order chi connectivity index (χ1) is 8.65. The fourth-order valence-electron chi connectivity index (χ4n) is 1.98. The highest BCUT2D eigenvalue weighted by molar-refractivity contribution is 7.17. The number of nitrogens with zero attached hydrogens (tertiary/aromatic N) is 2. The van der Waals surface area contributed by atoms with Crippen molar-refractivity contribution in [3.05, 3.63) is 28.9 Å². The van der Waals surface area contributed by atoms with Crippen LogP contribution in [0.5, 0.6) is 0 Å². The Morgan fingerprint density at radius 2 is 2.17 bits per heavy atom. The minimum Gasteiger partial charge on any atom is -0.293 e. The fraction of sp³-hybridized carbons (Fsp3) is 0.429. The highest BCUT2D eigenvalue weighted by Crippen LogP contribution is 2.31. The molecule has 0 spiro atoms. The van der Waals surface area contributed by atoms with Gasteiger partial charge in [-0.1, -0.05) is 13.8 Å². The summed E-state index contributed by atoms with van der Waals surface area (Å²) in [6.07, 6.45) is 4.47. The molecule has 0 aliphatic rings. The molecule has 0 bridgehead atoms. The molecule has 0 radical (unpaired) electrons. The highest BCUT2D eigenvalue weighted by Gasteiger charge is 2.13. The third-order valence-electron chi connectivity index (χ3n) is 2.86. The van der Waals surface area contributed by atoms with E-state index in [0.29, 0.717) is 6.42 Å². The van der Waals surface area contributed by atoms with E-state index in [4.69, 9.17) is 0 Å². The number of hydrogen-bond acceptors (Lipinski definition) is 3. The van der Waals surface area contributed by atoms with Crippen LogP contribution < -0.4 is 0 Å². The van der Waals surface area contributed by atoms with E-state index in [0.717, 1.165) is 33.9 Å². The Kier molecular flexibility index (Phi) is 3.97. The predicted molar refractivity (Wildman–Crippen MR) is 75.1 cm³/mol. The number of carbonyl (C=O) groups excluding carboxylic acids is 1. The Morgan fingerprint density at radius 3 is 2.83 bits per heavy atom. The van der Waals surface area contributed by atoms with E-state index in [2.05, 4.69) is 12.0 Å². The second kappa shape index (κ2) is 5.48. The molecule has 0 saturated carbocycles. The molecule has 0 aromatic carbocycles. The molecule has 0 unspecified atom stereocenters. The normalized spacial score (nSPS) is 10.8.